The summed E-state index contributed by atoms with van der Waals surface area (Å²) in [6, 6.07) is 15.5. The fraction of sp³-hybridized carbons (Fsp3) is 0.538. The van der Waals surface area contributed by atoms with E-state index in [1.54, 1.807) is 13.3 Å². The van der Waals surface area contributed by atoms with Crippen molar-refractivity contribution >= 4 is 23.4 Å². The van der Waals surface area contributed by atoms with Crippen LogP contribution in [0.2, 0.25) is 0 Å². The van der Waals surface area contributed by atoms with Gasteiger partial charge in [-0.3, -0.25) is 14.5 Å². The minimum atomic E-state index is -0.150. The number of nitrogens with zero attached hydrogens (tertiary/aromatic N) is 4. The number of rotatable bonds is 13. The number of piperidine rings is 1. The van der Waals surface area contributed by atoms with Gasteiger partial charge in [-0.1, -0.05) is 26.8 Å². The first-order valence-electron chi connectivity index (χ1n) is 17.4. The Balaban J connectivity index is 1.29. The molecular formula is C39H52N4O5. The number of benzene rings is 1. The number of amides is 1. The SMILES string of the molecule is CCOC(=O)CC(c1ccnc(OC(C)C2CCN(c3cc(OC)ccc3C(=O)N(CC(C)(C)C)c3cccc(C)n3)CC2)c1)C1CC1. The van der Waals surface area contributed by atoms with Gasteiger partial charge in [0.25, 0.3) is 5.91 Å². The van der Waals surface area contributed by atoms with Gasteiger partial charge in [0, 0.05) is 43.7 Å². The molecule has 0 bridgehead atoms. The molecule has 0 radical (unpaired) electrons. The maximum Gasteiger partial charge on any atom is 0.306 e. The van der Waals surface area contributed by atoms with Gasteiger partial charge in [0.15, 0.2) is 0 Å². The third-order valence-corrected chi connectivity index (χ3v) is 9.38. The van der Waals surface area contributed by atoms with Crippen molar-refractivity contribution in [1.29, 1.82) is 0 Å². The Morgan fingerprint density at radius 2 is 1.77 bits per heavy atom. The molecule has 2 atom stereocenters. The predicted molar refractivity (Wildman–Crippen MR) is 189 cm³/mol. The summed E-state index contributed by atoms with van der Waals surface area (Å²) in [5.74, 6) is 2.71. The second-order valence-electron chi connectivity index (χ2n) is 14.5. The second-order valence-corrected chi connectivity index (χ2v) is 14.5. The molecule has 48 heavy (non-hydrogen) atoms. The van der Waals surface area contributed by atoms with Crippen LogP contribution in [0.15, 0.2) is 54.7 Å². The zero-order valence-corrected chi connectivity index (χ0v) is 29.7. The lowest BCUT2D eigenvalue weighted by Crippen LogP contribution is -2.41. The number of carbonyl (C=O) groups excluding carboxylic acids is 2. The summed E-state index contributed by atoms with van der Waals surface area (Å²) < 4.78 is 17.3. The molecule has 1 aromatic carbocycles. The van der Waals surface area contributed by atoms with Crippen molar-refractivity contribution in [3.8, 4) is 11.6 Å². The number of hydrogen-bond donors (Lipinski definition) is 0. The molecule has 2 aliphatic rings. The van der Waals surface area contributed by atoms with Gasteiger partial charge in [0.05, 0.1) is 31.4 Å². The highest BCUT2D eigenvalue weighted by atomic mass is 16.5. The number of pyridine rings is 2. The van der Waals surface area contributed by atoms with E-state index in [0.717, 1.165) is 61.5 Å². The molecule has 2 fully saturated rings. The summed E-state index contributed by atoms with van der Waals surface area (Å²) in [5, 5.41) is 0. The first kappa shape index (κ1) is 35.2. The highest BCUT2D eigenvalue weighted by molar-refractivity contribution is 6.09. The van der Waals surface area contributed by atoms with E-state index in [0.29, 0.717) is 48.7 Å². The largest absolute Gasteiger partial charge is 0.497 e. The van der Waals surface area contributed by atoms with E-state index in [1.807, 2.05) is 67.3 Å². The predicted octanol–water partition coefficient (Wildman–Crippen LogP) is 7.62. The van der Waals surface area contributed by atoms with Crippen molar-refractivity contribution in [2.75, 3.05) is 43.2 Å². The van der Waals surface area contributed by atoms with Crippen molar-refractivity contribution in [2.45, 2.75) is 85.7 Å². The van der Waals surface area contributed by atoms with Crippen molar-refractivity contribution in [2.24, 2.45) is 17.3 Å². The van der Waals surface area contributed by atoms with Gasteiger partial charge in [0.2, 0.25) is 5.88 Å². The van der Waals surface area contributed by atoms with Crippen LogP contribution in [-0.2, 0) is 9.53 Å². The number of aryl methyl sites for hydroxylation is 1. The van der Waals surface area contributed by atoms with Gasteiger partial charge < -0.3 is 19.1 Å². The number of ether oxygens (including phenoxy) is 3. The fourth-order valence-electron chi connectivity index (χ4n) is 6.71. The molecule has 1 saturated heterocycles. The lowest BCUT2D eigenvalue weighted by Gasteiger charge is -2.37. The van der Waals surface area contributed by atoms with Gasteiger partial charge in [-0.25, -0.2) is 9.97 Å². The third kappa shape index (κ3) is 9.05. The molecule has 2 unspecified atom stereocenters. The minimum Gasteiger partial charge on any atom is -0.497 e. The molecule has 1 aliphatic carbocycles. The number of methoxy groups -OCH3 is 1. The molecule has 258 valence electrons. The highest BCUT2D eigenvalue weighted by Gasteiger charge is 2.35. The highest BCUT2D eigenvalue weighted by Crippen LogP contribution is 2.45. The lowest BCUT2D eigenvalue weighted by atomic mass is 9.91. The Bertz CT molecular complexity index is 1560. The lowest BCUT2D eigenvalue weighted by molar-refractivity contribution is -0.143. The monoisotopic (exact) mass is 656 g/mol. The van der Waals surface area contributed by atoms with Crippen molar-refractivity contribution in [3.63, 3.8) is 0 Å². The number of hydrogen-bond acceptors (Lipinski definition) is 8. The zero-order valence-electron chi connectivity index (χ0n) is 29.7. The Hall–Kier alpha value is -4.14. The first-order valence-corrected chi connectivity index (χ1v) is 17.4. The maximum atomic E-state index is 14.4. The molecule has 1 saturated carbocycles. The smallest absolute Gasteiger partial charge is 0.306 e. The molecular weight excluding hydrogens is 604 g/mol. The number of esters is 1. The Kier molecular flexibility index (Phi) is 11.3. The van der Waals surface area contributed by atoms with Crippen LogP contribution in [0.25, 0.3) is 0 Å². The number of aromatic nitrogens is 2. The van der Waals surface area contributed by atoms with E-state index in [4.69, 9.17) is 19.2 Å². The van der Waals surface area contributed by atoms with E-state index in [-0.39, 0.29) is 29.3 Å². The van der Waals surface area contributed by atoms with E-state index in [9.17, 15) is 9.59 Å². The normalized spacial score (nSPS) is 16.6. The van der Waals surface area contributed by atoms with E-state index >= 15 is 0 Å². The molecule has 1 amide bonds. The Morgan fingerprint density at radius 1 is 1.02 bits per heavy atom. The van der Waals surface area contributed by atoms with Crippen LogP contribution >= 0.6 is 0 Å². The number of carbonyl (C=O) groups is 2. The summed E-state index contributed by atoms with van der Waals surface area (Å²) in [6.45, 7) is 14.8. The average molecular weight is 657 g/mol. The average Bonchev–Trinajstić information content (AvgIpc) is 3.91. The summed E-state index contributed by atoms with van der Waals surface area (Å²) in [4.78, 5) is 40.0. The molecule has 2 aromatic heterocycles. The van der Waals surface area contributed by atoms with Gasteiger partial charge in [-0.2, -0.15) is 0 Å². The van der Waals surface area contributed by atoms with Gasteiger partial charge in [0.1, 0.15) is 17.7 Å². The van der Waals surface area contributed by atoms with Crippen molar-refractivity contribution in [3.05, 3.63) is 71.5 Å². The van der Waals surface area contributed by atoms with Crippen LogP contribution in [0.3, 0.4) is 0 Å². The van der Waals surface area contributed by atoms with Gasteiger partial charge in [-0.15, -0.1) is 0 Å². The van der Waals surface area contributed by atoms with E-state index in [1.165, 1.54) is 0 Å². The van der Waals surface area contributed by atoms with E-state index < -0.39 is 0 Å². The fourth-order valence-corrected chi connectivity index (χ4v) is 6.71. The molecule has 1 aliphatic heterocycles. The van der Waals surface area contributed by atoms with Crippen LogP contribution in [0.4, 0.5) is 11.5 Å². The topological polar surface area (TPSA) is 94.1 Å². The standard InChI is InChI=1S/C39H52N4O5/c1-8-47-37(44)24-33(29-12-13-29)30-16-19-40-36(22-30)48-27(3)28-17-20-42(21-18-28)34-23-31(46-7)14-15-32(34)38(45)43(25-39(4,5)6)35-11-9-10-26(2)41-35/h9-11,14-16,19,22-23,27-29,33H,8,12-13,17-18,20-21,24-25H2,1-7H3. The van der Waals surface area contributed by atoms with Crippen LogP contribution in [0.5, 0.6) is 11.6 Å². The summed E-state index contributed by atoms with van der Waals surface area (Å²) in [6.07, 6.45) is 6.22. The van der Waals surface area contributed by atoms with Crippen molar-refractivity contribution in [1.82, 2.24) is 9.97 Å². The molecule has 3 aromatic rings. The molecule has 9 heteroatoms. The van der Waals surface area contributed by atoms with Crippen LogP contribution < -0.4 is 19.3 Å². The molecule has 0 spiro atoms. The number of anilines is 2. The molecule has 9 nitrogen and oxygen atoms in total. The second kappa shape index (κ2) is 15.4. The molecule has 5 rings (SSSR count). The zero-order chi connectivity index (χ0) is 34.4. The van der Waals surface area contributed by atoms with Crippen molar-refractivity contribution < 1.29 is 23.8 Å². The Labute approximate surface area is 286 Å². The van der Waals surface area contributed by atoms with E-state index in [2.05, 4.69) is 37.6 Å². The summed E-state index contributed by atoms with van der Waals surface area (Å²) in [5.41, 5.74) is 3.35. The van der Waals surface area contributed by atoms with Crippen LogP contribution in [0.1, 0.15) is 94.3 Å². The first-order chi connectivity index (χ1) is 23.0. The molecule has 3 heterocycles. The minimum absolute atomic E-state index is 0.0413. The van der Waals surface area contributed by atoms with Gasteiger partial charge in [-0.05, 0) is 106 Å². The van der Waals surface area contributed by atoms with Crippen LogP contribution in [-0.4, -0.2) is 61.3 Å². The van der Waals surface area contributed by atoms with Crippen LogP contribution in [0, 0.1) is 24.2 Å². The third-order valence-electron chi connectivity index (χ3n) is 9.38. The molecule has 0 N–H and O–H groups in total. The Morgan fingerprint density at radius 3 is 2.42 bits per heavy atom. The van der Waals surface area contributed by atoms with Gasteiger partial charge >= 0.3 is 5.97 Å². The maximum absolute atomic E-state index is 14.4. The summed E-state index contributed by atoms with van der Waals surface area (Å²) in [7, 11) is 1.65. The quantitative estimate of drug-likeness (QED) is 0.174. The summed E-state index contributed by atoms with van der Waals surface area (Å²) >= 11 is 0.